The molecule has 0 fully saturated rings. The Labute approximate surface area is 167 Å². The summed E-state index contributed by atoms with van der Waals surface area (Å²) in [5.41, 5.74) is 2.76. The number of nitrogens with one attached hydrogen (secondary N) is 1. The van der Waals surface area contributed by atoms with Gasteiger partial charge in [-0.25, -0.2) is 4.57 Å². The quantitative estimate of drug-likeness (QED) is 0.258. The Balaban J connectivity index is 2.08. The highest BCUT2D eigenvalue weighted by Gasteiger charge is 2.19. The number of carbonyl (C=O) groups excluding carboxylic acids is 1. The second-order valence-electron chi connectivity index (χ2n) is 7.07. The number of aliphatic hydroxyl groups excluding tert-OH is 1. The minimum absolute atomic E-state index is 0.250. The SMILES string of the molecule is CCCc1ccc(CCCCCCCC(=O)N[C@H](CO)COP(=O)(O)O)cc1. The summed E-state index contributed by atoms with van der Waals surface area (Å²) >= 11 is 0. The predicted octanol–water partition coefficient (Wildman–Crippen LogP) is 3.11. The summed E-state index contributed by atoms with van der Waals surface area (Å²) in [6, 6.07) is 8.03. The first kappa shape index (κ1) is 24.8. The molecule has 0 aliphatic heterocycles. The van der Waals surface area contributed by atoms with Crippen molar-refractivity contribution < 1.29 is 28.8 Å². The molecule has 160 valence electrons. The molecule has 1 amide bonds. The lowest BCUT2D eigenvalue weighted by atomic mass is 10.0. The Morgan fingerprint density at radius 3 is 2.18 bits per heavy atom. The minimum atomic E-state index is -4.60. The van der Waals surface area contributed by atoms with Crippen LogP contribution in [0, 0.1) is 0 Å². The van der Waals surface area contributed by atoms with Crippen LogP contribution in [0.3, 0.4) is 0 Å². The number of phosphoric acid groups is 1. The zero-order valence-electron chi connectivity index (χ0n) is 16.7. The molecule has 1 aromatic rings. The number of hydrogen-bond acceptors (Lipinski definition) is 4. The van der Waals surface area contributed by atoms with Gasteiger partial charge in [0.05, 0.1) is 19.3 Å². The number of aliphatic hydroxyl groups is 1. The topological polar surface area (TPSA) is 116 Å². The van der Waals surface area contributed by atoms with Gasteiger partial charge in [0, 0.05) is 6.42 Å². The summed E-state index contributed by atoms with van der Waals surface area (Å²) in [4.78, 5) is 29.1. The summed E-state index contributed by atoms with van der Waals surface area (Å²) in [5, 5.41) is 11.6. The number of carbonyl (C=O) groups is 1. The number of phosphoric ester groups is 1. The van der Waals surface area contributed by atoms with Crippen LogP contribution in [-0.4, -0.2) is 40.1 Å². The van der Waals surface area contributed by atoms with Crippen molar-refractivity contribution >= 4 is 13.7 Å². The van der Waals surface area contributed by atoms with Gasteiger partial charge in [-0.3, -0.25) is 9.32 Å². The van der Waals surface area contributed by atoms with Gasteiger partial charge in [-0.15, -0.1) is 0 Å². The highest BCUT2D eigenvalue weighted by atomic mass is 31.2. The number of aryl methyl sites for hydroxylation is 2. The number of benzene rings is 1. The molecule has 28 heavy (non-hydrogen) atoms. The largest absolute Gasteiger partial charge is 0.469 e. The van der Waals surface area contributed by atoms with Crippen LogP contribution in [-0.2, 0) is 26.7 Å². The molecule has 0 aliphatic carbocycles. The van der Waals surface area contributed by atoms with E-state index in [0.29, 0.717) is 6.42 Å². The number of rotatable bonds is 15. The summed E-state index contributed by atoms with van der Waals surface area (Å²) in [5.74, 6) is -0.250. The van der Waals surface area contributed by atoms with E-state index < -0.39 is 27.1 Å². The van der Waals surface area contributed by atoms with Crippen LogP contribution < -0.4 is 5.32 Å². The third kappa shape index (κ3) is 12.3. The summed E-state index contributed by atoms with van der Waals surface area (Å²) in [6.45, 7) is 1.32. The van der Waals surface area contributed by atoms with E-state index in [9.17, 15) is 9.36 Å². The molecule has 1 aromatic carbocycles. The van der Waals surface area contributed by atoms with Crippen molar-refractivity contribution in [3.63, 3.8) is 0 Å². The second-order valence-corrected chi connectivity index (χ2v) is 8.31. The average Bonchev–Trinajstić information content (AvgIpc) is 2.65. The maximum Gasteiger partial charge on any atom is 0.469 e. The van der Waals surface area contributed by atoms with E-state index in [1.807, 2.05) is 0 Å². The van der Waals surface area contributed by atoms with Gasteiger partial charge in [-0.1, -0.05) is 56.9 Å². The number of unbranched alkanes of at least 4 members (excludes halogenated alkanes) is 4. The van der Waals surface area contributed by atoms with E-state index in [0.717, 1.165) is 44.9 Å². The van der Waals surface area contributed by atoms with Crippen molar-refractivity contribution in [2.75, 3.05) is 13.2 Å². The van der Waals surface area contributed by atoms with Crippen LogP contribution in [0.25, 0.3) is 0 Å². The molecule has 7 nitrogen and oxygen atoms in total. The molecule has 1 rings (SSSR count). The maximum atomic E-state index is 11.8. The zero-order chi connectivity index (χ0) is 20.8. The molecule has 0 radical (unpaired) electrons. The van der Waals surface area contributed by atoms with Gasteiger partial charge in [0.2, 0.25) is 5.91 Å². The first-order valence-electron chi connectivity index (χ1n) is 10.0. The minimum Gasteiger partial charge on any atom is -0.394 e. The first-order valence-corrected chi connectivity index (χ1v) is 11.5. The van der Waals surface area contributed by atoms with E-state index in [1.54, 1.807) is 0 Å². The van der Waals surface area contributed by atoms with Gasteiger partial charge in [-0.2, -0.15) is 0 Å². The standard InChI is InChI=1S/C20H34NO6P/c1-2-8-17-11-13-18(14-12-17)9-6-4-3-5-7-10-20(23)21-19(15-22)16-27-28(24,25)26/h11-14,19,22H,2-10,15-16H2,1H3,(H,21,23)(H2,24,25,26)/t19-/m1/s1. The van der Waals surface area contributed by atoms with Crippen molar-refractivity contribution in [2.24, 2.45) is 0 Å². The molecule has 4 N–H and O–H groups in total. The fraction of sp³-hybridized carbons (Fsp3) is 0.650. The molecule has 0 heterocycles. The summed E-state index contributed by atoms with van der Waals surface area (Å²) < 4.78 is 14.9. The molecule has 0 spiro atoms. The zero-order valence-corrected chi connectivity index (χ0v) is 17.6. The van der Waals surface area contributed by atoms with E-state index in [-0.39, 0.29) is 5.91 Å². The lowest BCUT2D eigenvalue weighted by Gasteiger charge is -2.16. The Morgan fingerprint density at radius 2 is 1.61 bits per heavy atom. The van der Waals surface area contributed by atoms with Gasteiger partial charge in [0.1, 0.15) is 0 Å². The Bertz CT molecular complexity index is 601. The van der Waals surface area contributed by atoms with Crippen LogP contribution in [0.5, 0.6) is 0 Å². The van der Waals surface area contributed by atoms with Gasteiger partial charge in [0.15, 0.2) is 0 Å². The molecule has 0 bridgehead atoms. The average molecular weight is 415 g/mol. The molecular weight excluding hydrogens is 381 g/mol. The Kier molecular flexibility index (Phi) is 12.3. The Hall–Kier alpha value is -1.24. The van der Waals surface area contributed by atoms with Gasteiger partial charge in [0.25, 0.3) is 0 Å². The predicted molar refractivity (Wildman–Crippen MR) is 109 cm³/mol. The normalized spacial score (nSPS) is 12.7. The van der Waals surface area contributed by atoms with Crippen molar-refractivity contribution in [2.45, 2.75) is 70.8 Å². The van der Waals surface area contributed by atoms with Crippen molar-refractivity contribution in [1.82, 2.24) is 5.32 Å². The molecule has 8 heteroatoms. The van der Waals surface area contributed by atoms with Crippen LogP contribution in [0.1, 0.15) is 63.0 Å². The molecule has 0 unspecified atom stereocenters. The lowest BCUT2D eigenvalue weighted by molar-refractivity contribution is -0.122. The molecule has 0 saturated heterocycles. The van der Waals surface area contributed by atoms with E-state index in [1.165, 1.54) is 17.5 Å². The van der Waals surface area contributed by atoms with Gasteiger partial charge < -0.3 is 20.2 Å². The third-order valence-corrected chi connectivity index (χ3v) is 4.95. The van der Waals surface area contributed by atoms with Crippen LogP contribution in [0.15, 0.2) is 24.3 Å². The second kappa shape index (κ2) is 13.9. The van der Waals surface area contributed by atoms with Gasteiger partial charge >= 0.3 is 7.82 Å². The molecule has 0 saturated carbocycles. The number of hydrogen-bond donors (Lipinski definition) is 4. The molecule has 0 aliphatic rings. The molecular formula is C20H34NO6P. The fourth-order valence-electron chi connectivity index (χ4n) is 2.93. The van der Waals surface area contributed by atoms with Crippen molar-refractivity contribution in [3.8, 4) is 0 Å². The van der Waals surface area contributed by atoms with E-state index in [2.05, 4.69) is 41.0 Å². The van der Waals surface area contributed by atoms with E-state index >= 15 is 0 Å². The molecule has 0 aromatic heterocycles. The fourth-order valence-corrected chi connectivity index (χ4v) is 3.31. The van der Waals surface area contributed by atoms with Crippen LogP contribution >= 0.6 is 7.82 Å². The maximum absolute atomic E-state index is 11.8. The third-order valence-electron chi connectivity index (χ3n) is 4.46. The Morgan fingerprint density at radius 1 is 1.04 bits per heavy atom. The van der Waals surface area contributed by atoms with Crippen LogP contribution in [0.4, 0.5) is 0 Å². The first-order chi connectivity index (χ1) is 13.3. The highest BCUT2D eigenvalue weighted by molar-refractivity contribution is 7.46. The van der Waals surface area contributed by atoms with Crippen molar-refractivity contribution in [1.29, 1.82) is 0 Å². The van der Waals surface area contributed by atoms with Crippen molar-refractivity contribution in [3.05, 3.63) is 35.4 Å². The highest BCUT2D eigenvalue weighted by Crippen LogP contribution is 2.35. The van der Waals surface area contributed by atoms with Crippen LogP contribution in [0.2, 0.25) is 0 Å². The lowest BCUT2D eigenvalue weighted by Crippen LogP contribution is -2.40. The number of amides is 1. The summed E-state index contributed by atoms with van der Waals surface area (Å²) in [7, 11) is -4.60. The summed E-state index contributed by atoms with van der Waals surface area (Å²) in [6.07, 6.45) is 8.70. The van der Waals surface area contributed by atoms with Gasteiger partial charge in [-0.05, 0) is 36.8 Å². The van der Waals surface area contributed by atoms with E-state index in [4.69, 9.17) is 14.9 Å². The molecule has 1 atom stereocenters. The smallest absolute Gasteiger partial charge is 0.394 e. The monoisotopic (exact) mass is 415 g/mol.